The number of nitriles is 1. The molecule has 1 N–H and O–H groups in total. The third-order valence-electron chi connectivity index (χ3n) is 4.99. The maximum absolute atomic E-state index is 12.6. The Kier molecular flexibility index (Phi) is 8.21. The van der Waals surface area contributed by atoms with Gasteiger partial charge < -0.3 is 10.1 Å². The maximum atomic E-state index is 12.6. The van der Waals surface area contributed by atoms with Crippen molar-refractivity contribution in [2.75, 3.05) is 5.32 Å². The van der Waals surface area contributed by atoms with Crippen molar-refractivity contribution in [2.45, 2.75) is 20.5 Å². The number of aryl methyl sites for hydroxylation is 2. The minimum Gasteiger partial charge on any atom is -0.487 e. The van der Waals surface area contributed by atoms with E-state index in [-0.39, 0.29) is 17.9 Å². The van der Waals surface area contributed by atoms with Gasteiger partial charge in [0.25, 0.3) is 11.6 Å². The number of nitro groups is 1. The van der Waals surface area contributed by atoms with Crippen LogP contribution in [-0.4, -0.2) is 10.8 Å². The van der Waals surface area contributed by atoms with E-state index < -0.39 is 10.8 Å². The molecule has 0 aliphatic rings. The van der Waals surface area contributed by atoms with Crippen LogP contribution in [-0.2, 0) is 11.4 Å². The zero-order chi connectivity index (χ0) is 24.8. The number of hydrogen-bond donors (Lipinski definition) is 1. The van der Waals surface area contributed by atoms with E-state index in [0.717, 1.165) is 16.7 Å². The average molecular weight is 585 g/mol. The molecule has 3 aromatic rings. The van der Waals surface area contributed by atoms with E-state index in [0.29, 0.717) is 25.9 Å². The molecule has 34 heavy (non-hydrogen) atoms. The number of nitrogens with zero attached hydrogens (tertiary/aromatic N) is 2. The number of nitro benzene ring substituents is 1. The summed E-state index contributed by atoms with van der Waals surface area (Å²) in [6, 6.07) is 17.1. The number of nitrogens with one attached hydrogen (secondary N) is 1. The highest BCUT2D eigenvalue weighted by Crippen LogP contribution is 2.36. The van der Waals surface area contributed by atoms with Gasteiger partial charge in [0.2, 0.25) is 0 Å². The smallest absolute Gasteiger partial charge is 0.269 e. The fraction of sp³-hybridized carbons (Fsp3) is 0.120. The lowest BCUT2D eigenvalue weighted by atomic mass is 10.1. The molecule has 0 heterocycles. The molecule has 0 bridgehead atoms. The third kappa shape index (κ3) is 6.31. The van der Waals surface area contributed by atoms with Crippen LogP contribution in [0.1, 0.15) is 22.3 Å². The Morgan fingerprint density at radius 2 is 1.74 bits per heavy atom. The predicted octanol–water partition coefficient (Wildman–Crippen LogP) is 6.86. The molecule has 0 saturated carbocycles. The van der Waals surface area contributed by atoms with E-state index in [2.05, 4.69) is 37.2 Å². The van der Waals surface area contributed by atoms with Crippen molar-refractivity contribution in [2.24, 2.45) is 0 Å². The van der Waals surface area contributed by atoms with Crippen molar-refractivity contribution in [3.05, 3.63) is 101 Å². The predicted molar refractivity (Wildman–Crippen MR) is 137 cm³/mol. The van der Waals surface area contributed by atoms with Gasteiger partial charge in [-0.15, -0.1) is 0 Å². The minimum atomic E-state index is -0.503. The molecule has 0 spiro atoms. The number of halogens is 2. The van der Waals surface area contributed by atoms with E-state index >= 15 is 0 Å². The van der Waals surface area contributed by atoms with Gasteiger partial charge in [-0.3, -0.25) is 14.9 Å². The Morgan fingerprint density at radius 1 is 1.09 bits per heavy atom. The summed E-state index contributed by atoms with van der Waals surface area (Å²) in [6.07, 6.45) is 1.49. The maximum Gasteiger partial charge on any atom is 0.269 e. The molecule has 1 amide bonds. The lowest BCUT2D eigenvalue weighted by Crippen LogP contribution is -2.13. The number of benzene rings is 3. The number of amides is 1. The number of ether oxygens (including phenoxy) is 1. The van der Waals surface area contributed by atoms with Crippen LogP contribution in [0.5, 0.6) is 5.75 Å². The SMILES string of the molecule is Cc1ccc(NC(=O)/C(C#N)=C/c2cc(Br)c(OCc3ccc([N+](=O)[O-])cc3)c(Br)c2)cc1C. The zero-order valence-electron chi connectivity index (χ0n) is 18.3. The van der Waals surface area contributed by atoms with Crippen LogP contribution in [0.2, 0.25) is 0 Å². The van der Waals surface area contributed by atoms with Gasteiger partial charge in [0.1, 0.15) is 24.0 Å². The molecule has 0 unspecified atom stereocenters. The second-order valence-electron chi connectivity index (χ2n) is 7.45. The number of hydrogen-bond acceptors (Lipinski definition) is 5. The van der Waals surface area contributed by atoms with Crippen LogP contribution < -0.4 is 10.1 Å². The Hall–Kier alpha value is -3.48. The molecule has 9 heteroatoms. The highest BCUT2D eigenvalue weighted by molar-refractivity contribution is 9.11. The zero-order valence-corrected chi connectivity index (χ0v) is 21.4. The quantitative estimate of drug-likeness (QED) is 0.141. The van der Waals surface area contributed by atoms with Gasteiger partial charge in [0.15, 0.2) is 0 Å². The summed E-state index contributed by atoms with van der Waals surface area (Å²) in [5.41, 5.74) is 4.12. The van der Waals surface area contributed by atoms with E-state index in [9.17, 15) is 20.2 Å². The van der Waals surface area contributed by atoms with Gasteiger partial charge in [-0.2, -0.15) is 5.26 Å². The van der Waals surface area contributed by atoms with Crippen LogP contribution in [0.25, 0.3) is 6.08 Å². The van der Waals surface area contributed by atoms with Gasteiger partial charge in [-0.1, -0.05) is 6.07 Å². The standard InChI is InChI=1S/C25H19Br2N3O4/c1-15-3-6-20(9-16(15)2)29-25(31)19(13-28)10-18-11-22(26)24(23(27)12-18)34-14-17-4-7-21(8-5-17)30(32)33/h3-12H,14H2,1-2H3,(H,29,31)/b19-10+. The van der Waals surface area contributed by atoms with Gasteiger partial charge in [-0.25, -0.2) is 0 Å². The average Bonchev–Trinajstić information content (AvgIpc) is 2.79. The largest absolute Gasteiger partial charge is 0.487 e. The minimum absolute atomic E-state index is 0.0112. The van der Waals surface area contributed by atoms with Crippen molar-refractivity contribution in [3.63, 3.8) is 0 Å². The number of rotatable bonds is 7. The summed E-state index contributed by atoms with van der Waals surface area (Å²) in [6.45, 7) is 4.13. The molecule has 0 aliphatic carbocycles. The summed E-state index contributed by atoms with van der Waals surface area (Å²) in [7, 11) is 0. The monoisotopic (exact) mass is 583 g/mol. The highest BCUT2D eigenvalue weighted by atomic mass is 79.9. The van der Waals surface area contributed by atoms with E-state index in [1.165, 1.54) is 18.2 Å². The topological polar surface area (TPSA) is 105 Å². The Labute approximate surface area is 213 Å². The fourth-order valence-corrected chi connectivity index (χ4v) is 4.45. The van der Waals surface area contributed by atoms with Crippen LogP contribution >= 0.6 is 31.9 Å². The number of carbonyl (C=O) groups is 1. The molecule has 0 aliphatic heterocycles. The molecule has 0 atom stereocenters. The van der Waals surface area contributed by atoms with Crippen LogP contribution in [0.4, 0.5) is 11.4 Å². The van der Waals surface area contributed by atoms with Crippen molar-refractivity contribution in [3.8, 4) is 11.8 Å². The van der Waals surface area contributed by atoms with Crippen molar-refractivity contribution < 1.29 is 14.5 Å². The molecule has 0 aromatic heterocycles. The summed E-state index contributed by atoms with van der Waals surface area (Å²) in [4.78, 5) is 22.9. The molecule has 7 nitrogen and oxygen atoms in total. The van der Waals surface area contributed by atoms with Crippen LogP contribution in [0.15, 0.2) is 69.1 Å². The first-order valence-electron chi connectivity index (χ1n) is 10.0. The Bertz CT molecular complexity index is 1310. The van der Waals surface area contributed by atoms with Crippen LogP contribution in [0, 0.1) is 35.3 Å². The number of carbonyl (C=O) groups excluding carboxylic acids is 1. The summed E-state index contributed by atoms with van der Waals surface area (Å²) in [5, 5.41) is 23.1. The van der Waals surface area contributed by atoms with Crippen molar-refractivity contribution in [1.82, 2.24) is 0 Å². The van der Waals surface area contributed by atoms with E-state index in [4.69, 9.17) is 4.74 Å². The second kappa shape index (κ2) is 11.1. The Morgan fingerprint density at radius 3 is 2.29 bits per heavy atom. The lowest BCUT2D eigenvalue weighted by Gasteiger charge is -2.12. The number of anilines is 1. The van der Waals surface area contributed by atoms with Gasteiger partial charge >= 0.3 is 0 Å². The van der Waals surface area contributed by atoms with Crippen LogP contribution in [0.3, 0.4) is 0 Å². The molecular weight excluding hydrogens is 566 g/mol. The first kappa shape index (κ1) is 25.1. The summed E-state index contributed by atoms with van der Waals surface area (Å²) in [5.74, 6) is 0.0186. The summed E-state index contributed by atoms with van der Waals surface area (Å²) >= 11 is 6.93. The van der Waals surface area contributed by atoms with Crippen molar-refractivity contribution >= 4 is 55.2 Å². The van der Waals surface area contributed by atoms with Gasteiger partial charge in [0, 0.05) is 17.8 Å². The number of non-ortho nitro benzene ring substituents is 1. The molecular formula is C25H19Br2N3O4. The van der Waals surface area contributed by atoms with E-state index in [1.807, 2.05) is 32.0 Å². The third-order valence-corrected chi connectivity index (χ3v) is 6.17. The van der Waals surface area contributed by atoms with Gasteiger partial charge in [-0.05, 0) is 110 Å². The van der Waals surface area contributed by atoms with Gasteiger partial charge in [0.05, 0.1) is 13.9 Å². The van der Waals surface area contributed by atoms with Crippen molar-refractivity contribution in [1.29, 1.82) is 5.26 Å². The fourth-order valence-electron chi connectivity index (χ4n) is 3.00. The summed E-state index contributed by atoms with van der Waals surface area (Å²) < 4.78 is 7.08. The molecule has 172 valence electrons. The molecule has 0 saturated heterocycles. The normalized spacial score (nSPS) is 11.0. The highest BCUT2D eigenvalue weighted by Gasteiger charge is 2.13. The van der Waals surface area contributed by atoms with E-state index in [1.54, 1.807) is 30.3 Å². The first-order valence-corrected chi connectivity index (χ1v) is 11.6. The molecule has 0 radical (unpaired) electrons. The first-order chi connectivity index (χ1) is 16.2. The molecule has 3 aromatic carbocycles. The lowest BCUT2D eigenvalue weighted by molar-refractivity contribution is -0.384. The second-order valence-corrected chi connectivity index (χ2v) is 9.16. The molecule has 0 fully saturated rings. The molecule has 3 rings (SSSR count). The Balaban J connectivity index is 1.75.